The Kier molecular flexibility index (Phi) is 4.25. The second-order valence-electron chi connectivity index (χ2n) is 4.55. The zero-order valence-corrected chi connectivity index (χ0v) is 13.5. The number of amides is 2. The molecule has 0 aromatic heterocycles. The van der Waals surface area contributed by atoms with E-state index in [0.29, 0.717) is 20.6 Å². The molecule has 0 radical (unpaired) electrons. The van der Waals surface area contributed by atoms with Gasteiger partial charge in [0.25, 0.3) is 11.1 Å². The number of halogens is 2. The molecule has 1 aliphatic rings. The number of hydrogen-bond acceptors (Lipinski definition) is 3. The largest absolute Gasteiger partial charge is 0.298 e. The van der Waals surface area contributed by atoms with Gasteiger partial charge in [0.05, 0.1) is 10.6 Å². The Morgan fingerprint density at radius 2 is 1.68 bits per heavy atom. The van der Waals surface area contributed by atoms with Gasteiger partial charge in [0.2, 0.25) is 0 Å². The van der Waals surface area contributed by atoms with Gasteiger partial charge in [-0.05, 0) is 59.8 Å². The van der Waals surface area contributed by atoms with E-state index in [1.807, 2.05) is 6.07 Å². The van der Waals surface area contributed by atoms with E-state index in [1.165, 1.54) is 0 Å². The second kappa shape index (κ2) is 6.16. The van der Waals surface area contributed by atoms with Gasteiger partial charge < -0.3 is 0 Å². The van der Waals surface area contributed by atoms with Gasteiger partial charge in [-0.15, -0.1) is 0 Å². The number of hydrogen-bond donors (Lipinski definition) is 0. The molecule has 3 nitrogen and oxygen atoms in total. The molecule has 1 saturated heterocycles. The topological polar surface area (TPSA) is 37.4 Å². The highest BCUT2D eigenvalue weighted by atomic mass is 35.5. The maximum atomic E-state index is 12.4. The summed E-state index contributed by atoms with van der Waals surface area (Å²) in [5.41, 5.74) is 1.27. The van der Waals surface area contributed by atoms with Crippen LogP contribution in [0.15, 0.2) is 53.4 Å². The van der Waals surface area contributed by atoms with Crippen LogP contribution in [-0.2, 0) is 4.79 Å². The van der Waals surface area contributed by atoms with Crippen LogP contribution in [0.25, 0.3) is 6.08 Å². The molecule has 0 N–H and O–H groups in total. The fraction of sp³-hybridized carbons (Fsp3) is 0. The van der Waals surface area contributed by atoms with E-state index in [-0.39, 0.29) is 11.1 Å². The highest BCUT2D eigenvalue weighted by Crippen LogP contribution is 2.36. The first-order valence-electron chi connectivity index (χ1n) is 6.34. The minimum absolute atomic E-state index is 0.333. The lowest BCUT2D eigenvalue weighted by molar-refractivity contribution is -0.113. The SMILES string of the molecule is O=C1S/C(=C\c2cccc(Cl)c2)C(=O)N1c1ccc(Cl)cc1. The van der Waals surface area contributed by atoms with Crippen LogP contribution >= 0.6 is 35.0 Å². The number of anilines is 1. The minimum Gasteiger partial charge on any atom is -0.268 e. The highest BCUT2D eigenvalue weighted by molar-refractivity contribution is 8.19. The molecule has 0 bridgehead atoms. The quantitative estimate of drug-likeness (QED) is 0.696. The van der Waals surface area contributed by atoms with Crippen molar-refractivity contribution in [3.8, 4) is 0 Å². The van der Waals surface area contributed by atoms with Gasteiger partial charge in [0.15, 0.2) is 0 Å². The zero-order valence-electron chi connectivity index (χ0n) is 11.1. The predicted molar refractivity (Wildman–Crippen MR) is 91.4 cm³/mol. The standard InChI is InChI=1S/C16H9Cl2NO2S/c17-11-4-6-13(7-5-11)19-15(20)14(22-16(19)21)9-10-2-1-3-12(18)8-10/h1-9H/b14-9-. The van der Waals surface area contributed by atoms with Crippen molar-refractivity contribution < 1.29 is 9.59 Å². The van der Waals surface area contributed by atoms with Crippen molar-refractivity contribution in [2.75, 3.05) is 4.90 Å². The van der Waals surface area contributed by atoms with Crippen molar-refractivity contribution >= 4 is 57.9 Å². The third-order valence-electron chi connectivity index (χ3n) is 3.02. The summed E-state index contributed by atoms with van der Waals surface area (Å²) in [6.45, 7) is 0. The van der Waals surface area contributed by atoms with E-state index < -0.39 is 0 Å². The van der Waals surface area contributed by atoms with Crippen molar-refractivity contribution in [3.05, 3.63) is 69.0 Å². The average molecular weight is 350 g/mol. The van der Waals surface area contributed by atoms with Crippen molar-refractivity contribution in [1.82, 2.24) is 0 Å². The average Bonchev–Trinajstić information content (AvgIpc) is 2.75. The summed E-state index contributed by atoms with van der Waals surface area (Å²) in [7, 11) is 0. The maximum Gasteiger partial charge on any atom is 0.298 e. The first-order chi connectivity index (χ1) is 10.5. The maximum absolute atomic E-state index is 12.4. The first kappa shape index (κ1) is 15.2. The van der Waals surface area contributed by atoms with Crippen LogP contribution in [0.2, 0.25) is 10.0 Å². The Hall–Kier alpha value is -1.75. The van der Waals surface area contributed by atoms with E-state index in [1.54, 1.807) is 48.5 Å². The smallest absolute Gasteiger partial charge is 0.268 e. The number of carbonyl (C=O) groups is 2. The monoisotopic (exact) mass is 349 g/mol. The number of carbonyl (C=O) groups excluding carboxylic acids is 2. The van der Waals surface area contributed by atoms with Gasteiger partial charge in [-0.3, -0.25) is 9.59 Å². The molecule has 110 valence electrons. The van der Waals surface area contributed by atoms with Crippen LogP contribution < -0.4 is 4.90 Å². The number of nitrogens with zero attached hydrogens (tertiary/aromatic N) is 1. The summed E-state index contributed by atoms with van der Waals surface area (Å²) in [6, 6.07) is 13.7. The van der Waals surface area contributed by atoms with Gasteiger partial charge in [0.1, 0.15) is 0 Å². The van der Waals surface area contributed by atoms with Gasteiger partial charge in [-0.2, -0.15) is 0 Å². The van der Waals surface area contributed by atoms with Crippen LogP contribution in [0.1, 0.15) is 5.56 Å². The molecule has 2 aromatic carbocycles. The molecule has 0 aliphatic carbocycles. The van der Waals surface area contributed by atoms with E-state index in [0.717, 1.165) is 22.2 Å². The Morgan fingerprint density at radius 3 is 2.36 bits per heavy atom. The molecule has 0 saturated carbocycles. The molecule has 2 aromatic rings. The van der Waals surface area contributed by atoms with Gasteiger partial charge in [-0.25, -0.2) is 4.90 Å². The minimum atomic E-state index is -0.350. The Morgan fingerprint density at radius 1 is 0.955 bits per heavy atom. The molecule has 3 rings (SSSR count). The Labute approximate surface area is 141 Å². The lowest BCUT2D eigenvalue weighted by Crippen LogP contribution is -2.27. The second-order valence-corrected chi connectivity index (χ2v) is 6.41. The lowest BCUT2D eigenvalue weighted by atomic mass is 10.2. The molecule has 1 fully saturated rings. The van der Waals surface area contributed by atoms with Crippen LogP contribution in [-0.4, -0.2) is 11.1 Å². The fourth-order valence-corrected chi connectivity index (χ4v) is 3.19. The molecule has 1 aliphatic heterocycles. The predicted octanol–water partition coefficient (Wildman–Crippen LogP) is 5.23. The summed E-state index contributed by atoms with van der Waals surface area (Å²) in [5, 5.41) is 0.788. The zero-order chi connectivity index (χ0) is 15.7. The van der Waals surface area contributed by atoms with Gasteiger partial charge in [-0.1, -0.05) is 35.3 Å². The molecule has 1 heterocycles. The van der Waals surface area contributed by atoms with E-state index in [9.17, 15) is 9.59 Å². The fourth-order valence-electron chi connectivity index (χ4n) is 2.03. The molecule has 0 spiro atoms. The van der Waals surface area contributed by atoms with Crippen LogP contribution in [0.4, 0.5) is 10.5 Å². The first-order valence-corrected chi connectivity index (χ1v) is 7.91. The molecular weight excluding hydrogens is 341 g/mol. The Bertz CT molecular complexity index is 787. The van der Waals surface area contributed by atoms with Crippen molar-refractivity contribution in [1.29, 1.82) is 0 Å². The number of imide groups is 1. The van der Waals surface area contributed by atoms with Crippen molar-refractivity contribution in [3.63, 3.8) is 0 Å². The van der Waals surface area contributed by atoms with E-state index in [4.69, 9.17) is 23.2 Å². The van der Waals surface area contributed by atoms with Crippen molar-refractivity contribution in [2.45, 2.75) is 0 Å². The third kappa shape index (κ3) is 3.04. The van der Waals surface area contributed by atoms with Gasteiger partial charge in [0, 0.05) is 10.0 Å². The van der Waals surface area contributed by atoms with Gasteiger partial charge >= 0.3 is 0 Å². The van der Waals surface area contributed by atoms with Crippen LogP contribution in [0, 0.1) is 0 Å². The highest BCUT2D eigenvalue weighted by Gasteiger charge is 2.36. The molecule has 0 atom stereocenters. The van der Waals surface area contributed by atoms with Crippen LogP contribution in [0.5, 0.6) is 0 Å². The Balaban J connectivity index is 1.93. The summed E-state index contributed by atoms with van der Waals surface area (Å²) >= 11 is 12.7. The summed E-state index contributed by atoms with van der Waals surface area (Å²) in [6.07, 6.45) is 1.66. The molecular formula is C16H9Cl2NO2S. The third-order valence-corrected chi connectivity index (χ3v) is 4.38. The summed E-state index contributed by atoms with van der Waals surface area (Å²) < 4.78 is 0. The molecule has 22 heavy (non-hydrogen) atoms. The van der Waals surface area contributed by atoms with Crippen LogP contribution in [0.3, 0.4) is 0 Å². The van der Waals surface area contributed by atoms with Crippen molar-refractivity contribution in [2.24, 2.45) is 0 Å². The number of benzene rings is 2. The van der Waals surface area contributed by atoms with E-state index >= 15 is 0 Å². The van der Waals surface area contributed by atoms with E-state index in [2.05, 4.69) is 0 Å². The summed E-state index contributed by atoms with van der Waals surface area (Å²) in [4.78, 5) is 26.0. The molecule has 0 unspecified atom stereocenters. The lowest BCUT2D eigenvalue weighted by Gasteiger charge is -2.12. The molecule has 2 amide bonds. The molecule has 6 heteroatoms. The number of rotatable bonds is 2. The summed E-state index contributed by atoms with van der Waals surface area (Å²) in [5.74, 6) is -0.350. The normalized spacial score (nSPS) is 16.6. The number of thioether (sulfide) groups is 1.